The Bertz CT molecular complexity index is 819. The van der Waals surface area contributed by atoms with Crippen molar-refractivity contribution in [2.45, 2.75) is 12.8 Å². The molecule has 0 saturated heterocycles. The highest BCUT2D eigenvalue weighted by Crippen LogP contribution is 2.31. The number of carbonyl (C=O) groups excluding carboxylic acids is 1. The zero-order valence-electron chi connectivity index (χ0n) is 13.9. The zero-order valence-corrected chi connectivity index (χ0v) is 14.7. The minimum atomic E-state index is -1.10. The third kappa shape index (κ3) is 4.89. The molecule has 2 N–H and O–H groups in total. The van der Waals surface area contributed by atoms with E-state index in [2.05, 4.69) is 5.32 Å². The molecular weight excluding hydrogens is 358 g/mol. The van der Waals surface area contributed by atoms with Gasteiger partial charge in [0.05, 0.1) is 17.2 Å². The van der Waals surface area contributed by atoms with Crippen LogP contribution in [0.25, 0.3) is 0 Å². The lowest BCUT2D eigenvalue weighted by Crippen LogP contribution is -2.14. The molecule has 2 aromatic rings. The molecule has 0 spiro atoms. The number of carbonyl (C=O) groups is 2. The Balaban J connectivity index is 1.67. The Morgan fingerprint density at radius 2 is 1.88 bits per heavy atom. The van der Waals surface area contributed by atoms with Gasteiger partial charge in [-0.15, -0.1) is 0 Å². The van der Waals surface area contributed by atoms with Crippen LogP contribution in [0.1, 0.15) is 23.2 Å². The number of halogens is 1. The first-order valence-corrected chi connectivity index (χ1v) is 8.58. The van der Waals surface area contributed by atoms with Gasteiger partial charge in [-0.05, 0) is 49.1 Å². The van der Waals surface area contributed by atoms with E-state index in [4.69, 9.17) is 26.2 Å². The number of amides is 1. The van der Waals surface area contributed by atoms with Gasteiger partial charge in [-0.1, -0.05) is 23.7 Å². The molecule has 0 aromatic heterocycles. The van der Waals surface area contributed by atoms with Gasteiger partial charge in [0.2, 0.25) is 0 Å². The SMILES string of the molecule is O=C(O)COc1ccc(NC(=O)c2ccccc2OCC2CC2)cc1Cl. The van der Waals surface area contributed by atoms with Crippen molar-refractivity contribution >= 4 is 29.2 Å². The van der Waals surface area contributed by atoms with Crippen molar-refractivity contribution in [3.05, 3.63) is 53.1 Å². The van der Waals surface area contributed by atoms with Crippen molar-refractivity contribution in [2.75, 3.05) is 18.5 Å². The molecule has 7 heteroatoms. The highest BCUT2D eigenvalue weighted by Gasteiger charge is 2.23. The summed E-state index contributed by atoms with van der Waals surface area (Å²) in [4.78, 5) is 23.1. The summed E-state index contributed by atoms with van der Waals surface area (Å²) in [6.45, 7) is 0.128. The van der Waals surface area contributed by atoms with Gasteiger partial charge in [-0.25, -0.2) is 4.79 Å². The minimum absolute atomic E-state index is 0.210. The fourth-order valence-corrected chi connectivity index (χ4v) is 2.54. The lowest BCUT2D eigenvalue weighted by molar-refractivity contribution is -0.139. The summed E-state index contributed by atoms with van der Waals surface area (Å²) in [5.74, 6) is -0.0409. The molecule has 136 valence electrons. The topological polar surface area (TPSA) is 84.9 Å². The number of para-hydroxylation sites is 1. The first kappa shape index (κ1) is 18.1. The summed E-state index contributed by atoms with van der Waals surface area (Å²) in [7, 11) is 0. The van der Waals surface area contributed by atoms with Crippen molar-refractivity contribution in [2.24, 2.45) is 5.92 Å². The Labute approximate surface area is 155 Å². The monoisotopic (exact) mass is 375 g/mol. The van der Waals surface area contributed by atoms with E-state index in [1.165, 1.54) is 25.0 Å². The molecule has 1 aliphatic rings. The molecule has 6 nitrogen and oxygen atoms in total. The molecule has 0 radical (unpaired) electrons. The van der Waals surface area contributed by atoms with E-state index in [1.54, 1.807) is 24.3 Å². The van der Waals surface area contributed by atoms with E-state index in [9.17, 15) is 9.59 Å². The summed E-state index contributed by atoms with van der Waals surface area (Å²) in [5.41, 5.74) is 0.912. The van der Waals surface area contributed by atoms with E-state index >= 15 is 0 Å². The maximum Gasteiger partial charge on any atom is 0.341 e. The molecule has 1 fully saturated rings. The van der Waals surface area contributed by atoms with Gasteiger partial charge in [-0.3, -0.25) is 4.79 Å². The Morgan fingerprint density at radius 3 is 2.58 bits per heavy atom. The standard InChI is InChI=1S/C19H18ClNO5/c20-15-9-13(7-8-17(15)26-11-18(22)23)21-19(24)14-3-1-2-4-16(14)25-10-12-5-6-12/h1-4,7-9,12H,5-6,10-11H2,(H,21,24)(H,22,23). The van der Waals surface area contributed by atoms with Gasteiger partial charge in [0.15, 0.2) is 6.61 Å². The van der Waals surface area contributed by atoms with Crippen molar-refractivity contribution < 1.29 is 24.2 Å². The van der Waals surface area contributed by atoms with Gasteiger partial charge in [0, 0.05) is 5.69 Å². The lowest BCUT2D eigenvalue weighted by Gasteiger charge is -2.12. The van der Waals surface area contributed by atoms with Crippen LogP contribution in [0, 0.1) is 5.92 Å². The third-order valence-corrected chi connectivity index (χ3v) is 4.14. The van der Waals surface area contributed by atoms with Crippen LogP contribution < -0.4 is 14.8 Å². The molecule has 1 aliphatic carbocycles. The second kappa shape index (κ2) is 8.10. The number of anilines is 1. The van der Waals surface area contributed by atoms with Gasteiger partial charge < -0.3 is 19.9 Å². The summed E-state index contributed by atoms with van der Waals surface area (Å²) in [6.07, 6.45) is 2.34. The van der Waals surface area contributed by atoms with Crippen LogP contribution in [0.3, 0.4) is 0 Å². The molecule has 0 heterocycles. The minimum Gasteiger partial charge on any atom is -0.492 e. The van der Waals surface area contributed by atoms with Crippen molar-refractivity contribution in [3.8, 4) is 11.5 Å². The largest absolute Gasteiger partial charge is 0.492 e. The van der Waals surface area contributed by atoms with E-state index in [0.717, 1.165) is 0 Å². The van der Waals surface area contributed by atoms with Crippen LogP contribution >= 0.6 is 11.6 Å². The maximum absolute atomic E-state index is 12.6. The molecule has 1 saturated carbocycles. The van der Waals surface area contributed by atoms with Crippen LogP contribution in [-0.4, -0.2) is 30.2 Å². The number of carboxylic acid groups (broad SMARTS) is 1. The molecule has 0 unspecified atom stereocenters. The number of hydrogen-bond acceptors (Lipinski definition) is 4. The van der Waals surface area contributed by atoms with Crippen LogP contribution in [0.2, 0.25) is 5.02 Å². The molecule has 0 atom stereocenters. The van der Waals surface area contributed by atoms with Crippen LogP contribution in [-0.2, 0) is 4.79 Å². The predicted octanol–water partition coefficient (Wildman–Crippen LogP) is 3.84. The number of hydrogen-bond donors (Lipinski definition) is 2. The van der Waals surface area contributed by atoms with Crippen molar-refractivity contribution in [3.63, 3.8) is 0 Å². The molecule has 3 rings (SSSR count). The first-order valence-electron chi connectivity index (χ1n) is 8.20. The molecular formula is C19H18ClNO5. The lowest BCUT2D eigenvalue weighted by atomic mass is 10.2. The van der Waals surface area contributed by atoms with E-state index in [-0.39, 0.29) is 16.7 Å². The summed E-state index contributed by atoms with van der Waals surface area (Å²) < 4.78 is 10.8. The fourth-order valence-electron chi connectivity index (χ4n) is 2.31. The van der Waals surface area contributed by atoms with Gasteiger partial charge >= 0.3 is 5.97 Å². The van der Waals surface area contributed by atoms with E-state index in [1.807, 2.05) is 6.07 Å². The molecule has 26 heavy (non-hydrogen) atoms. The second-order valence-electron chi connectivity index (χ2n) is 6.03. The molecule has 0 aliphatic heterocycles. The highest BCUT2D eigenvalue weighted by molar-refractivity contribution is 6.32. The maximum atomic E-state index is 12.6. The Morgan fingerprint density at radius 1 is 1.12 bits per heavy atom. The number of aliphatic carboxylic acids is 1. The van der Waals surface area contributed by atoms with Gasteiger partial charge in [-0.2, -0.15) is 0 Å². The quantitative estimate of drug-likeness (QED) is 0.732. The number of rotatable bonds is 8. The van der Waals surface area contributed by atoms with Crippen molar-refractivity contribution in [1.82, 2.24) is 0 Å². The van der Waals surface area contributed by atoms with E-state index < -0.39 is 12.6 Å². The number of ether oxygens (including phenoxy) is 2. The predicted molar refractivity (Wildman–Crippen MR) is 97.2 cm³/mol. The molecule has 1 amide bonds. The fraction of sp³-hybridized carbons (Fsp3) is 0.263. The number of benzene rings is 2. The smallest absolute Gasteiger partial charge is 0.341 e. The van der Waals surface area contributed by atoms with Crippen LogP contribution in [0.5, 0.6) is 11.5 Å². The van der Waals surface area contributed by atoms with Gasteiger partial charge in [0.1, 0.15) is 11.5 Å². The Hall–Kier alpha value is -2.73. The zero-order chi connectivity index (χ0) is 18.5. The van der Waals surface area contributed by atoms with E-state index in [0.29, 0.717) is 29.5 Å². The van der Waals surface area contributed by atoms with Crippen LogP contribution in [0.15, 0.2) is 42.5 Å². The summed E-state index contributed by atoms with van der Waals surface area (Å²) >= 11 is 6.07. The summed E-state index contributed by atoms with van der Waals surface area (Å²) in [5, 5.41) is 11.6. The second-order valence-corrected chi connectivity index (χ2v) is 6.44. The number of carboxylic acids is 1. The average molecular weight is 376 g/mol. The van der Waals surface area contributed by atoms with Crippen LogP contribution in [0.4, 0.5) is 5.69 Å². The number of nitrogens with one attached hydrogen (secondary N) is 1. The Kier molecular flexibility index (Phi) is 5.63. The van der Waals surface area contributed by atoms with Gasteiger partial charge in [0.25, 0.3) is 5.91 Å². The van der Waals surface area contributed by atoms with Crippen molar-refractivity contribution in [1.29, 1.82) is 0 Å². The highest BCUT2D eigenvalue weighted by atomic mass is 35.5. The first-order chi connectivity index (χ1) is 12.5. The normalized spacial score (nSPS) is 13.1. The average Bonchev–Trinajstić information content (AvgIpc) is 3.43. The summed E-state index contributed by atoms with van der Waals surface area (Å²) in [6, 6.07) is 11.7. The third-order valence-electron chi connectivity index (χ3n) is 3.84. The molecule has 2 aromatic carbocycles. The molecule has 0 bridgehead atoms.